The fourth-order valence-corrected chi connectivity index (χ4v) is 2.21. The molecule has 0 bridgehead atoms. The Morgan fingerprint density at radius 2 is 2.00 bits per heavy atom. The maximum Gasteiger partial charge on any atom is 0.573 e. The van der Waals surface area contributed by atoms with E-state index >= 15 is 0 Å². The molecule has 0 aliphatic heterocycles. The summed E-state index contributed by atoms with van der Waals surface area (Å²) in [5.74, 6) is 0.934. The maximum atomic E-state index is 12.5. The van der Waals surface area contributed by atoms with Crippen molar-refractivity contribution in [3.05, 3.63) is 42.0 Å². The molecule has 0 aliphatic rings. The second-order valence-electron chi connectivity index (χ2n) is 5.24. The molecule has 1 heterocycles. The van der Waals surface area contributed by atoms with Crippen LogP contribution in [-0.2, 0) is 19.6 Å². The quantitative estimate of drug-likeness (QED) is 0.578. The van der Waals surface area contributed by atoms with Crippen LogP contribution < -0.4 is 15.4 Å². The second-order valence-corrected chi connectivity index (χ2v) is 5.24. The first-order chi connectivity index (χ1) is 12.4. The van der Waals surface area contributed by atoms with Crippen molar-refractivity contribution in [2.45, 2.75) is 39.8 Å². The van der Waals surface area contributed by atoms with Crippen molar-refractivity contribution < 1.29 is 17.9 Å². The van der Waals surface area contributed by atoms with Gasteiger partial charge in [-0.2, -0.15) is 0 Å². The number of aryl methyl sites for hydroxylation is 1. The van der Waals surface area contributed by atoms with Gasteiger partial charge in [-0.25, -0.2) is 4.99 Å². The largest absolute Gasteiger partial charge is 0.573 e. The first-order valence-electron chi connectivity index (χ1n) is 8.15. The van der Waals surface area contributed by atoms with E-state index in [1.54, 1.807) is 18.5 Å². The first kappa shape index (κ1) is 19.5. The number of benzene rings is 1. The predicted octanol–water partition coefficient (Wildman–Crippen LogP) is 2.45. The van der Waals surface area contributed by atoms with E-state index < -0.39 is 6.36 Å². The third kappa shape index (κ3) is 5.94. The van der Waals surface area contributed by atoms with Crippen LogP contribution in [0.5, 0.6) is 5.75 Å². The summed E-state index contributed by atoms with van der Waals surface area (Å²) in [5.41, 5.74) is 0.332. The molecular weight excluding hydrogens is 349 g/mol. The molecule has 2 aromatic rings. The SMILES string of the molecule is CCNC(=NCc1ccccc1OC(F)(F)F)NCc1nncn1CC. The number of aromatic nitrogens is 3. The van der Waals surface area contributed by atoms with Crippen LogP contribution >= 0.6 is 0 Å². The highest BCUT2D eigenvalue weighted by Crippen LogP contribution is 2.26. The fourth-order valence-electron chi connectivity index (χ4n) is 2.21. The van der Waals surface area contributed by atoms with Crippen LogP contribution in [0.4, 0.5) is 13.2 Å². The normalized spacial score (nSPS) is 12.1. The van der Waals surface area contributed by atoms with E-state index in [9.17, 15) is 13.2 Å². The number of nitrogens with one attached hydrogen (secondary N) is 2. The third-order valence-electron chi connectivity index (χ3n) is 3.40. The lowest BCUT2D eigenvalue weighted by Crippen LogP contribution is -2.37. The molecule has 0 saturated heterocycles. The molecule has 2 rings (SSSR count). The Bertz CT molecular complexity index is 729. The first-order valence-corrected chi connectivity index (χ1v) is 8.15. The van der Waals surface area contributed by atoms with Crippen molar-refractivity contribution in [2.75, 3.05) is 6.54 Å². The maximum absolute atomic E-state index is 12.5. The van der Waals surface area contributed by atoms with Crippen LogP contribution in [0.1, 0.15) is 25.2 Å². The smallest absolute Gasteiger partial charge is 0.405 e. The van der Waals surface area contributed by atoms with Gasteiger partial charge in [-0.15, -0.1) is 23.4 Å². The summed E-state index contributed by atoms with van der Waals surface area (Å²) in [6, 6.07) is 5.93. The average Bonchev–Trinajstić information content (AvgIpc) is 3.04. The standard InChI is InChI=1S/C16H21F3N6O/c1-3-20-15(22-10-14-24-23-11-25(14)4-2)21-9-12-7-5-6-8-13(12)26-16(17,18)19/h5-8,11H,3-4,9-10H2,1-2H3,(H2,20,21,22). The van der Waals surface area contributed by atoms with E-state index in [2.05, 4.69) is 30.6 Å². The van der Waals surface area contributed by atoms with E-state index in [1.807, 2.05) is 18.4 Å². The van der Waals surface area contributed by atoms with Crippen molar-refractivity contribution >= 4 is 5.96 Å². The van der Waals surface area contributed by atoms with Gasteiger partial charge < -0.3 is 19.9 Å². The molecule has 26 heavy (non-hydrogen) atoms. The van der Waals surface area contributed by atoms with Gasteiger partial charge in [0.25, 0.3) is 0 Å². The van der Waals surface area contributed by atoms with Gasteiger partial charge in [-0.05, 0) is 19.9 Å². The molecule has 0 radical (unpaired) electrons. The Morgan fingerprint density at radius 1 is 1.23 bits per heavy atom. The van der Waals surface area contributed by atoms with E-state index in [-0.39, 0.29) is 12.3 Å². The number of hydrogen-bond acceptors (Lipinski definition) is 4. The van der Waals surface area contributed by atoms with Gasteiger partial charge in [-0.3, -0.25) is 0 Å². The van der Waals surface area contributed by atoms with Crippen molar-refractivity contribution in [3.8, 4) is 5.75 Å². The summed E-state index contributed by atoms with van der Waals surface area (Å²) >= 11 is 0. The number of alkyl halides is 3. The van der Waals surface area contributed by atoms with Gasteiger partial charge >= 0.3 is 6.36 Å². The Morgan fingerprint density at radius 3 is 2.69 bits per heavy atom. The number of halogens is 3. The highest BCUT2D eigenvalue weighted by Gasteiger charge is 2.31. The fraction of sp³-hybridized carbons (Fsp3) is 0.438. The van der Waals surface area contributed by atoms with Crippen LogP contribution in [0.15, 0.2) is 35.6 Å². The summed E-state index contributed by atoms with van der Waals surface area (Å²) in [5, 5.41) is 14.0. The molecule has 10 heteroatoms. The molecular formula is C16H21F3N6O. The van der Waals surface area contributed by atoms with Gasteiger partial charge in [0, 0.05) is 18.7 Å². The highest BCUT2D eigenvalue weighted by atomic mass is 19.4. The number of ether oxygens (including phenoxy) is 1. The zero-order valence-corrected chi connectivity index (χ0v) is 14.5. The minimum absolute atomic E-state index is 0.0298. The molecule has 1 aromatic heterocycles. The molecule has 1 aromatic carbocycles. The van der Waals surface area contributed by atoms with Crippen molar-refractivity contribution in [3.63, 3.8) is 0 Å². The van der Waals surface area contributed by atoms with Crippen molar-refractivity contribution in [1.82, 2.24) is 25.4 Å². The van der Waals surface area contributed by atoms with Gasteiger partial charge in [0.2, 0.25) is 0 Å². The molecule has 2 N–H and O–H groups in total. The molecule has 0 amide bonds. The molecule has 0 saturated carbocycles. The summed E-state index contributed by atoms with van der Waals surface area (Å²) in [6.07, 6.45) is -3.11. The Labute approximate surface area is 149 Å². The van der Waals surface area contributed by atoms with Crippen molar-refractivity contribution in [2.24, 2.45) is 4.99 Å². The molecule has 0 spiro atoms. The summed E-state index contributed by atoms with van der Waals surface area (Å²) in [7, 11) is 0. The Hall–Kier alpha value is -2.78. The van der Waals surface area contributed by atoms with Crippen LogP contribution in [-0.4, -0.2) is 33.6 Å². The van der Waals surface area contributed by atoms with Crippen molar-refractivity contribution in [1.29, 1.82) is 0 Å². The van der Waals surface area contributed by atoms with E-state index in [0.29, 0.717) is 24.6 Å². The third-order valence-corrected chi connectivity index (χ3v) is 3.40. The minimum Gasteiger partial charge on any atom is -0.405 e. The lowest BCUT2D eigenvalue weighted by atomic mass is 10.2. The molecule has 7 nitrogen and oxygen atoms in total. The van der Waals surface area contributed by atoms with Gasteiger partial charge in [0.1, 0.15) is 12.1 Å². The van der Waals surface area contributed by atoms with Crippen LogP contribution in [0, 0.1) is 0 Å². The molecule has 0 unspecified atom stereocenters. The second kappa shape index (κ2) is 9.07. The summed E-state index contributed by atoms with van der Waals surface area (Å²) in [6.45, 7) is 5.63. The van der Waals surface area contributed by atoms with Crippen LogP contribution in [0.3, 0.4) is 0 Å². The molecule has 0 aliphatic carbocycles. The number of hydrogen-bond donors (Lipinski definition) is 2. The van der Waals surface area contributed by atoms with Crippen LogP contribution in [0.2, 0.25) is 0 Å². The predicted molar refractivity (Wildman–Crippen MR) is 90.5 cm³/mol. The Kier molecular flexibility index (Phi) is 6.81. The van der Waals surface area contributed by atoms with E-state index in [4.69, 9.17) is 0 Å². The van der Waals surface area contributed by atoms with Crippen LogP contribution in [0.25, 0.3) is 0 Å². The lowest BCUT2D eigenvalue weighted by molar-refractivity contribution is -0.274. The topological polar surface area (TPSA) is 76.4 Å². The summed E-state index contributed by atoms with van der Waals surface area (Å²) in [4.78, 5) is 4.32. The zero-order chi connectivity index (χ0) is 19.0. The number of guanidine groups is 1. The van der Waals surface area contributed by atoms with Gasteiger partial charge in [0.05, 0.1) is 13.1 Å². The monoisotopic (exact) mass is 370 g/mol. The molecule has 0 atom stereocenters. The van der Waals surface area contributed by atoms with Gasteiger partial charge in [0.15, 0.2) is 11.8 Å². The minimum atomic E-state index is -4.74. The number of para-hydroxylation sites is 1. The zero-order valence-electron chi connectivity index (χ0n) is 14.5. The molecule has 0 fully saturated rings. The average molecular weight is 370 g/mol. The van der Waals surface area contributed by atoms with E-state index in [0.717, 1.165) is 12.4 Å². The lowest BCUT2D eigenvalue weighted by Gasteiger charge is -2.14. The summed E-state index contributed by atoms with van der Waals surface area (Å²) < 4.78 is 43.4. The number of nitrogens with zero attached hydrogens (tertiary/aromatic N) is 4. The highest BCUT2D eigenvalue weighted by molar-refractivity contribution is 5.79. The Balaban J connectivity index is 2.07. The number of rotatable bonds is 7. The van der Waals surface area contributed by atoms with E-state index in [1.165, 1.54) is 12.1 Å². The molecule has 142 valence electrons. The van der Waals surface area contributed by atoms with Gasteiger partial charge in [-0.1, -0.05) is 18.2 Å². The number of aliphatic imine (C=N–C) groups is 1.